The topological polar surface area (TPSA) is 140 Å². The second-order valence-corrected chi connectivity index (χ2v) is 8.55. The van der Waals surface area contributed by atoms with Crippen molar-refractivity contribution in [2.24, 2.45) is 0 Å². The van der Waals surface area contributed by atoms with Gasteiger partial charge in [0, 0.05) is 17.6 Å². The Labute approximate surface area is 199 Å². The highest BCUT2D eigenvalue weighted by atomic mass is 79.9. The van der Waals surface area contributed by atoms with Crippen molar-refractivity contribution in [3.63, 3.8) is 0 Å². The lowest BCUT2D eigenvalue weighted by Gasteiger charge is -2.42. The van der Waals surface area contributed by atoms with Crippen LogP contribution in [-0.2, 0) is 15.0 Å². The van der Waals surface area contributed by atoms with Crippen LogP contribution in [0, 0.1) is 5.41 Å². The second kappa shape index (κ2) is 10.6. The molecule has 1 aliphatic heterocycles. The number of rotatable bonds is 7. The molecule has 0 saturated carbocycles. The fraction of sp³-hybridized carbons (Fsp3) is 0.304. The lowest BCUT2D eigenvalue weighted by atomic mass is 9.71. The summed E-state index contributed by atoms with van der Waals surface area (Å²) in [5.74, 6) is -2.10. The molecule has 0 atom stereocenters. The van der Waals surface area contributed by atoms with Gasteiger partial charge in [0.25, 0.3) is 5.91 Å². The lowest BCUT2D eigenvalue weighted by molar-refractivity contribution is -0.139. The van der Waals surface area contributed by atoms with Gasteiger partial charge in [0.1, 0.15) is 18.2 Å². The van der Waals surface area contributed by atoms with Crippen molar-refractivity contribution in [3.8, 4) is 5.75 Å². The van der Waals surface area contributed by atoms with Crippen molar-refractivity contribution in [1.29, 1.82) is 5.41 Å². The maximum atomic E-state index is 13.1. The number of nitrogens with zero attached hydrogens (tertiary/aromatic N) is 1. The van der Waals surface area contributed by atoms with Crippen LogP contribution in [0.4, 0.5) is 0 Å². The zero-order valence-corrected chi connectivity index (χ0v) is 19.3. The minimum absolute atomic E-state index is 0.0287. The molecule has 0 unspecified atom stereocenters. The van der Waals surface area contributed by atoms with Crippen LogP contribution in [0.15, 0.2) is 53.0 Å². The third-order valence-corrected chi connectivity index (χ3v) is 6.18. The van der Waals surface area contributed by atoms with Gasteiger partial charge in [-0.05, 0) is 36.6 Å². The monoisotopic (exact) mass is 517 g/mol. The Morgan fingerprint density at radius 2 is 1.79 bits per heavy atom. The molecule has 0 aromatic heterocycles. The fourth-order valence-electron chi connectivity index (χ4n) is 3.92. The van der Waals surface area contributed by atoms with E-state index in [1.54, 1.807) is 11.0 Å². The molecular formula is C23H24BrN3O6. The Bertz CT molecular complexity index is 1050. The minimum atomic E-state index is -1.18. The molecule has 4 N–H and O–H groups in total. The largest absolute Gasteiger partial charge is 0.481 e. The van der Waals surface area contributed by atoms with Crippen molar-refractivity contribution >= 4 is 39.5 Å². The molecular weight excluding hydrogens is 494 g/mol. The third kappa shape index (κ3) is 5.58. The molecule has 3 rings (SSSR count). The van der Waals surface area contributed by atoms with E-state index in [2.05, 4.69) is 21.2 Å². The molecule has 10 heteroatoms. The fourth-order valence-corrected chi connectivity index (χ4v) is 4.28. The van der Waals surface area contributed by atoms with E-state index >= 15 is 0 Å². The number of carboxylic acid groups (broad SMARTS) is 1. The van der Waals surface area contributed by atoms with Gasteiger partial charge in [0.15, 0.2) is 6.61 Å². The molecule has 1 heterocycles. The standard InChI is InChI=1S/C23H24BrN3O6/c24-16-6-7-18(33-14-20(30)31)17(12-16)21(32)26-22(25)23(15-4-2-1-3-5-15)8-10-27(11-9-23)19(29)13-28/h1-7,12,28H,8-11,13-14H2,(H,30,31)(H2,25,26,32). The van der Waals surface area contributed by atoms with E-state index in [0.717, 1.165) is 5.56 Å². The van der Waals surface area contributed by atoms with Gasteiger partial charge in [0.05, 0.1) is 11.0 Å². The zero-order valence-electron chi connectivity index (χ0n) is 17.7. The molecule has 33 heavy (non-hydrogen) atoms. The van der Waals surface area contributed by atoms with Crippen LogP contribution in [0.1, 0.15) is 28.8 Å². The molecule has 1 aliphatic rings. The summed E-state index contributed by atoms with van der Waals surface area (Å²) < 4.78 is 5.84. The zero-order chi connectivity index (χ0) is 24.0. The summed E-state index contributed by atoms with van der Waals surface area (Å²) in [6.45, 7) is -0.524. The first kappa shape index (κ1) is 24.4. The van der Waals surface area contributed by atoms with E-state index in [-0.39, 0.29) is 23.1 Å². The number of piperidine rings is 1. The molecule has 2 aromatic rings. The van der Waals surface area contributed by atoms with Gasteiger partial charge in [-0.25, -0.2) is 4.79 Å². The molecule has 1 fully saturated rings. The number of carbonyl (C=O) groups excluding carboxylic acids is 2. The van der Waals surface area contributed by atoms with E-state index in [9.17, 15) is 19.5 Å². The van der Waals surface area contributed by atoms with Gasteiger partial charge >= 0.3 is 5.97 Å². The van der Waals surface area contributed by atoms with Crippen molar-refractivity contribution in [2.75, 3.05) is 26.3 Å². The van der Waals surface area contributed by atoms with E-state index in [1.165, 1.54) is 12.1 Å². The number of amides is 2. The number of aliphatic hydroxyl groups is 1. The third-order valence-electron chi connectivity index (χ3n) is 5.69. The summed E-state index contributed by atoms with van der Waals surface area (Å²) in [4.78, 5) is 37.5. The molecule has 2 aromatic carbocycles. The SMILES string of the molecule is N=C(NC(=O)c1cc(Br)ccc1OCC(=O)O)C1(c2ccccc2)CCN(C(=O)CO)CC1. The number of hydrogen-bond acceptors (Lipinski definition) is 6. The molecule has 2 amide bonds. The van der Waals surface area contributed by atoms with Gasteiger partial charge in [-0.3, -0.25) is 15.0 Å². The van der Waals surface area contributed by atoms with Crippen LogP contribution in [0.3, 0.4) is 0 Å². The van der Waals surface area contributed by atoms with Gasteiger partial charge < -0.3 is 25.2 Å². The van der Waals surface area contributed by atoms with Crippen molar-refractivity contribution in [3.05, 3.63) is 64.1 Å². The number of carbonyl (C=O) groups is 3. The van der Waals surface area contributed by atoms with E-state index < -0.39 is 30.5 Å². The van der Waals surface area contributed by atoms with Crippen LogP contribution in [-0.4, -0.2) is 65.0 Å². The van der Waals surface area contributed by atoms with Gasteiger partial charge in [0.2, 0.25) is 5.91 Å². The number of carboxylic acids is 1. The van der Waals surface area contributed by atoms with Crippen LogP contribution in [0.2, 0.25) is 0 Å². The number of likely N-dealkylation sites (tertiary alicyclic amines) is 1. The number of aliphatic carboxylic acids is 1. The highest BCUT2D eigenvalue weighted by Crippen LogP contribution is 2.36. The van der Waals surface area contributed by atoms with Gasteiger partial charge in [-0.2, -0.15) is 0 Å². The number of hydrogen-bond donors (Lipinski definition) is 4. The highest BCUT2D eigenvalue weighted by molar-refractivity contribution is 9.10. The van der Waals surface area contributed by atoms with Gasteiger partial charge in [-0.15, -0.1) is 0 Å². The normalized spacial score (nSPS) is 14.9. The Hall–Kier alpha value is -3.24. The summed E-state index contributed by atoms with van der Waals surface area (Å²) in [6, 6.07) is 13.9. The minimum Gasteiger partial charge on any atom is -0.481 e. The highest BCUT2D eigenvalue weighted by Gasteiger charge is 2.42. The first-order valence-corrected chi connectivity index (χ1v) is 11.0. The van der Waals surface area contributed by atoms with Crippen molar-refractivity contribution in [1.82, 2.24) is 10.2 Å². The molecule has 0 radical (unpaired) electrons. The van der Waals surface area contributed by atoms with Crippen LogP contribution >= 0.6 is 15.9 Å². The van der Waals surface area contributed by atoms with Crippen molar-refractivity contribution in [2.45, 2.75) is 18.3 Å². The number of halogens is 1. The average molecular weight is 518 g/mol. The van der Waals surface area contributed by atoms with E-state index in [4.69, 9.17) is 15.3 Å². The smallest absolute Gasteiger partial charge is 0.341 e. The number of nitrogens with one attached hydrogen (secondary N) is 2. The average Bonchev–Trinajstić information content (AvgIpc) is 2.83. The number of ether oxygens (including phenoxy) is 1. The Morgan fingerprint density at radius 1 is 1.12 bits per heavy atom. The summed E-state index contributed by atoms with van der Waals surface area (Å²) in [5.41, 5.74) is 0.0894. The predicted molar refractivity (Wildman–Crippen MR) is 123 cm³/mol. The molecule has 174 valence electrons. The van der Waals surface area contributed by atoms with Crippen LogP contribution in [0.5, 0.6) is 5.75 Å². The Kier molecular flexibility index (Phi) is 7.83. The quantitative estimate of drug-likeness (QED) is 0.327. The first-order valence-electron chi connectivity index (χ1n) is 10.3. The predicted octanol–water partition coefficient (Wildman–Crippen LogP) is 2.17. The summed E-state index contributed by atoms with van der Waals surface area (Å²) in [6.07, 6.45) is 0.783. The molecule has 0 aliphatic carbocycles. The Morgan fingerprint density at radius 3 is 2.39 bits per heavy atom. The number of benzene rings is 2. The van der Waals surface area contributed by atoms with Crippen molar-refractivity contribution < 1.29 is 29.3 Å². The van der Waals surface area contributed by atoms with E-state index in [0.29, 0.717) is 30.4 Å². The number of amidine groups is 1. The molecule has 1 saturated heterocycles. The summed E-state index contributed by atoms with van der Waals surface area (Å²) in [7, 11) is 0. The summed E-state index contributed by atoms with van der Waals surface area (Å²) >= 11 is 3.30. The first-order chi connectivity index (χ1) is 15.8. The van der Waals surface area contributed by atoms with E-state index in [1.807, 2.05) is 30.3 Å². The van der Waals surface area contributed by atoms with Gasteiger partial charge in [-0.1, -0.05) is 46.3 Å². The van der Waals surface area contributed by atoms with Crippen LogP contribution in [0.25, 0.3) is 0 Å². The maximum Gasteiger partial charge on any atom is 0.341 e. The Balaban J connectivity index is 1.87. The molecule has 9 nitrogen and oxygen atoms in total. The lowest BCUT2D eigenvalue weighted by Crippen LogP contribution is -2.54. The maximum absolute atomic E-state index is 13.1. The summed E-state index contributed by atoms with van der Waals surface area (Å²) in [5, 5.41) is 29.6. The molecule has 0 spiro atoms. The molecule has 0 bridgehead atoms. The number of aliphatic hydroxyl groups excluding tert-OH is 1. The second-order valence-electron chi connectivity index (χ2n) is 7.64. The van der Waals surface area contributed by atoms with Crippen LogP contribution < -0.4 is 10.1 Å².